The molecule has 1 aromatic carbocycles. The molecule has 0 bridgehead atoms. The zero-order valence-corrected chi connectivity index (χ0v) is 10.3. The van der Waals surface area contributed by atoms with E-state index in [4.69, 9.17) is 5.11 Å². The number of carboxylic acid groups (broad SMARTS) is 1. The second kappa shape index (κ2) is 4.67. The Morgan fingerprint density at radius 1 is 1.47 bits per heavy atom. The van der Waals surface area contributed by atoms with E-state index in [9.17, 15) is 9.59 Å². The van der Waals surface area contributed by atoms with E-state index in [1.54, 1.807) is 0 Å². The number of amides is 1. The molecular weight excluding hydrogens is 288 g/mol. The number of hydrogen-bond donors (Lipinski definition) is 1. The Morgan fingerprint density at radius 3 is 2.76 bits per heavy atom. The van der Waals surface area contributed by atoms with Crippen molar-refractivity contribution in [2.75, 3.05) is 0 Å². The predicted molar refractivity (Wildman–Crippen MR) is 64.3 cm³/mol. The van der Waals surface area contributed by atoms with Gasteiger partial charge >= 0.3 is 5.97 Å². The van der Waals surface area contributed by atoms with Crippen molar-refractivity contribution in [1.82, 2.24) is 5.01 Å². The Morgan fingerprint density at radius 2 is 2.18 bits per heavy atom. The number of halogens is 1. The molecule has 17 heavy (non-hydrogen) atoms. The van der Waals surface area contributed by atoms with Gasteiger partial charge in [0.2, 0.25) is 0 Å². The summed E-state index contributed by atoms with van der Waals surface area (Å²) in [6, 6.07) is 7.41. The maximum Gasteiger partial charge on any atom is 0.321 e. The van der Waals surface area contributed by atoms with Gasteiger partial charge in [-0.3, -0.25) is 9.59 Å². The van der Waals surface area contributed by atoms with Crippen LogP contribution in [0.3, 0.4) is 0 Å². The molecule has 1 aliphatic heterocycles. The maximum absolute atomic E-state index is 11.7. The van der Waals surface area contributed by atoms with Gasteiger partial charge in [-0.1, -0.05) is 34.1 Å². The lowest BCUT2D eigenvalue weighted by Crippen LogP contribution is -2.30. The SMILES string of the molecule is O=C(O)C1C=NN(Cc2ccccc2Br)C1=O. The molecule has 1 heterocycles. The highest BCUT2D eigenvalue weighted by Crippen LogP contribution is 2.20. The van der Waals surface area contributed by atoms with Crippen molar-refractivity contribution < 1.29 is 14.7 Å². The minimum atomic E-state index is -1.17. The van der Waals surface area contributed by atoms with Crippen LogP contribution in [0.4, 0.5) is 0 Å². The Hall–Kier alpha value is -1.69. The lowest BCUT2D eigenvalue weighted by atomic mass is 10.1. The lowest BCUT2D eigenvalue weighted by molar-refractivity contribution is -0.146. The minimum absolute atomic E-state index is 0.264. The van der Waals surface area contributed by atoms with Crippen molar-refractivity contribution in [3.63, 3.8) is 0 Å². The van der Waals surface area contributed by atoms with Gasteiger partial charge in [0.05, 0.1) is 6.54 Å². The van der Waals surface area contributed by atoms with Gasteiger partial charge < -0.3 is 5.11 Å². The summed E-state index contributed by atoms with van der Waals surface area (Å²) in [7, 11) is 0. The van der Waals surface area contributed by atoms with Gasteiger partial charge in [-0.25, -0.2) is 5.01 Å². The second-order valence-electron chi connectivity index (χ2n) is 3.57. The molecular formula is C11H9BrN2O3. The predicted octanol–water partition coefficient (Wildman–Crippen LogP) is 1.48. The number of aliphatic carboxylic acids is 1. The zero-order chi connectivity index (χ0) is 12.4. The van der Waals surface area contributed by atoms with Crippen LogP contribution in [0.15, 0.2) is 33.8 Å². The van der Waals surface area contributed by atoms with Gasteiger partial charge in [-0.2, -0.15) is 5.10 Å². The van der Waals surface area contributed by atoms with Gasteiger partial charge in [-0.05, 0) is 11.6 Å². The first kappa shape index (κ1) is 11.8. The number of rotatable bonds is 3. The molecule has 1 atom stereocenters. The molecule has 1 amide bonds. The van der Waals surface area contributed by atoms with E-state index in [1.807, 2.05) is 24.3 Å². The largest absolute Gasteiger partial charge is 0.480 e. The molecule has 0 saturated carbocycles. The van der Waals surface area contributed by atoms with E-state index in [1.165, 1.54) is 5.01 Å². The molecule has 0 radical (unpaired) electrons. The van der Waals surface area contributed by atoms with Crippen LogP contribution in [0.5, 0.6) is 0 Å². The molecule has 88 valence electrons. The van der Waals surface area contributed by atoms with E-state index in [0.717, 1.165) is 16.3 Å². The van der Waals surface area contributed by atoms with E-state index >= 15 is 0 Å². The van der Waals surface area contributed by atoms with Gasteiger partial charge in [-0.15, -0.1) is 0 Å². The number of carbonyl (C=O) groups excluding carboxylic acids is 1. The molecule has 5 nitrogen and oxygen atoms in total. The number of carbonyl (C=O) groups is 2. The highest BCUT2D eigenvalue weighted by Gasteiger charge is 2.34. The average Bonchev–Trinajstić information content (AvgIpc) is 2.64. The van der Waals surface area contributed by atoms with Crippen LogP contribution in [-0.2, 0) is 16.1 Å². The van der Waals surface area contributed by atoms with Crippen molar-refractivity contribution in [1.29, 1.82) is 0 Å². The van der Waals surface area contributed by atoms with Crippen LogP contribution in [0.2, 0.25) is 0 Å². The first-order valence-electron chi connectivity index (χ1n) is 4.91. The summed E-state index contributed by atoms with van der Waals surface area (Å²) in [6.45, 7) is 0.264. The summed E-state index contributed by atoms with van der Waals surface area (Å²) in [5, 5.41) is 13.8. The third kappa shape index (κ3) is 2.36. The first-order valence-corrected chi connectivity index (χ1v) is 5.70. The molecule has 0 aliphatic carbocycles. The van der Waals surface area contributed by atoms with Crippen molar-refractivity contribution in [3.05, 3.63) is 34.3 Å². The standard InChI is InChI=1S/C11H9BrN2O3/c12-9-4-2-1-3-7(9)6-14-10(15)8(5-13-14)11(16)17/h1-5,8H,6H2,(H,16,17). The third-order valence-corrected chi connectivity index (χ3v) is 3.19. The van der Waals surface area contributed by atoms with E-state index in [2.05, 4.69) is 21.0 Å². The fourth-order valence-electron chi connectivity index (χ4n) is 1.50. The lowest BCUT2D eigenvalue weighted by Gasteiger charge is -2.13. The smallest absolute Gasteiger partial charge is 0.321 e. The molecule has 1 aliphatic rings. The Kier molecular flexibility index (Phi) is 3.23. The van der Waals surface area contributed by atoms with Crippen molar-refractivity contribution in [3.8, 4) is 0 Å². The third-order valence-electron chi connectivity index (χ3n) is 2.42. The molecule has 1 unspecified atom stereocenters. The van der Waals surface area contributed by atoms with Gasteiger partial charge in [0.25, 0.3) is 5.91 Å². The number of benzene rings is 1. The molecule has 2 rings (SSSR count). The van der Waals surface area contributed by atoms with E-state index in [0.29, 0.717) is 0 Å². The van der Waals surface area contributed by atoms with Crippen LogP contribution in [0.25, 0.3) is 0 Å². The van der Waals surface area contributed by atoms with Crippen molar-refractivity contribution >= 4 is 34.0 Å². The zero-order valence-electron chi connectivity index (χ0n) is 8.71. The van der Waals surface area contributed by atoms with Gasteiger partial charge in [0.1, 0.15) is 0 Å². The first-order chi connectivity index (χ1) is 8.09. The molecule has 0 aromatic heterocycles. The van der Waals surface area contributed by atoms with Crippen LogP contribution < -0.4 is 0 Å². The second-order valence-corrected chi connectivity index (χ2v) is 4.42. The fraction of sp³-hybridized carbons (Fsp3) is 0.182. The van der Waals surface area contributed by atoms with Crippen molar-refractivity contribution in [2.24, 2.45) is 11.0 Å². The maximum atomic E-state index is 11.7. The van der Waals surface area contributed by atoms with Crippen molar-refractivity contribution in [2.45, 2.75) is 6.54 Å². The van der Waals surface area contributed by atoms with Crippen LogP contribution in [-0.4, -0.2) is 28.2 Å². The molecule has 0 spiro atoms. The number of nitrogens with zero attached hydrogens (tertiary/aromatic N) is 2. The highest BCUT2D eigenvalue weighted by atomic mass is 79.9. The van der Waals surface area contributed by atoms with Crippen LogP contribution in [0.1, 0.15) is 5.56 Å². The monoisotopic (exact) mass is 296 g/mol. The van der Waals surface area contributed by atoms with Crippen LogP contribution in [0, 0.1) is 5.92 Å². The molecule has 0 fully saturated rings. The van der Waals surface area contributed by atoms with E-state index < -0.39 is 17.8 Å². The van der Waals surface area contributed by atoms with E-state index in [-0.39, 0.29) is 6.54 Å². The Labute approximate surface area is 106 Å². The summed E-state index contributed by atoms with van der Waals surface area (Å²) < 4.78 is 0.863. The quantitative estimate of drug-likeness (QED) is 0.859. The number of carboxylic acids is 1. The minimum Gasteiger partial charge on any atom is -0.480 e. The average molecular weight is 297 g/mol. The topological polar surface area (TPSA) is 70.0 Å². The summed E-state index contributed by atoms with van der Waals surface area (Å²) in [4.78, 5) is 22.4. The highest BCUT2D eigenvalue weighted by molar-refractivity contribution is 9.10. The molecule has 6 heteroatoms. The molecule has 1 N–H and O–H groups in total. The fourth-order valence-corrected chi connectivity index (χ4v) is 1.91. The Bertz CT molecular complexity index is 501. The summed E-state index contributed by atoms with van der Waals surface area (Å²) in [6.07, 6.45) is 1.15. The Balaban J connectivity index is 2.13. The summed E-state index contributed by atoms with van der Waals surface area (Å²) in [5.41, 5.74) is 0.879. The molecule has 1 aromatic rings. The summed E-state index contributed by atoms with van der Waals surface area (Å²) >= 11 is 3.36. The van der Waals surface area contributed by atoms with Gasteiger partial charge in [0, 0.05) is 10.7 Å². The normalized spacial score (nSPS) is 18.8. The van der Waals surface area contributed by atoms with Gasteiger partial charge in [0.15, 0.2) is 5.92 Å². The van der Waals surface area contributed by atoms with Crippen LogP contribution >= 0.6 is 15.9 Å². The number of hydrazone groups is 1. The molecule has 0 saturated heterocycles. The number of hydrogen-bond acceptors (Lipinski definition) is 3. The summed E-state index contributed by atoms with van der Waals surface area (Å²) in [5.74, 6) is -2.83.